The van der Waals surface area contributed by atoms with E-state index in [0.717, 1.165) is 5.56 Å². The molecule has 0 bridgehead atoms. The number of anilines is 1. The van der Waals surface area contributed by atoms with E-state index in [-0.39, 0.29) is 18.5 Å². The minimum absolute atomic E-state index is 0.167. The lowest BCUT2D eigenvalue weighted by atomic mass is 10.2. The fraction of sp³-hybridized carbons (Fsp3) is 0.368. The number of aromatic nitrogens is 2. The van der Waals surface area contributed by atoms with Gasteiger partial charge < -0.3 is 10.2 Å². The van der Waals surface area contributed by atoms with Crippen molar-refractivity contribution < 1.29 is 14.0 Å². The third-order valence-electron chi connectivity index (χ3n) is 4.82. The molecule has 1 aliphatic carbocycles. The maximum Gasteiger partial charge on any atom is 0.325 e. The number of nitrogens with one attached hydrogen (secondary N) is 1. The molecule has 0 spiro atoms. The van der Waals surface area contributed by atoms with E-state index in [1.165, 1.54) is 6.20 Å². The normalized spacial score (nSPS) is 17.9. The van der Waals surface area contributed by atoms with Crippen LogP contribution in [0.2, 0.25) is 0 Å². The number of carbonyl (C=O) groups excluding carboxylic acids is 2. The van der Waals surface area contributed by atoms with Gasteiger partial charge in [0, 0.05) is 38.2 Å². The molecule has 1 saturated carbocycles. The summed E-state index contributed by atoms with van der Waals surface area (Å²) >= 11 is 0. The van der Waals surface area contributed by atoms with E-state index in [9.17, 15) is 14.0 Å². The minimum atomic E-state index is -1.19. The van der Waals surface area contributed by atoms with Crippen LogP contribution >= 0.6 is 0 Å². The fourth-order valence-electron chi connectivity index (χ4n) is 3.04. The summed E-state index contributed by atoms with van der Waals surface area (Å²) in [5, 5.41) is 2.80. The van der Waals surface area contributed by atoms with Crippen LogP contribution in [-0.2, 0) is 6.54 Å². The van der Waals surface area contributed by atoms with Gasteiger partial charge in [-0.15, -0.1) is 0 Å². The summed E-state index contributed by atoms with van der Waals surface area (Å²) in [5.41, 5.74) is 0.126. The number of alkyl halides is 1. The van der Waals surface area contributed by atoms with Gasteiger partial charge in [0.05, 0.1) is 12.1 Å². The largest absolute Gasteiger partial charge is 0.348 e. The van der Waals surface area contributed by atoms with Gasteiger partial charge >= 0.3 is 6.03 Å². The standard InChI is InChI=1S/C19H20FN5O2/c20-19(5-6-19)13-24-8-9-25(18(24)27)16-4-3-14(10-22-16)11-23-17(26)15-2-1-7-21-12-15/h1-4,7,10,12H,5-6,8-9,11,13H2,(H,23,26). The topological polar surface area (TPSA) is 78.4 Å². The van der Waals surface area contributed by atoms with E-state index < -0.39 is 5.67 Å². The Morgan fingerprint density at radius 1 is 1.22 bits per heavy atom. The maximum absolute atomic E-state index is 13.9. The Morgan fingerprint density at radius 3 is 2.74 bits per heavy atom. The van der Waals surface area contributed by atoms with Gasteiger partial charge in [-0.1, -0.05) is 6.07 Å². The van der Waals surface area contributed by atoms with Crippen molar-refractivity contribution in [3.8, 4) is 0 Å². The molecule has 3 amide bonds. The highest BCUT2D eigenvalue weighted by Gasteiger charge is 2.47. The van der Waals surface area contributed by atoms with E-state index in [0.29, 0.717) is 43.9 Å². The second-order valence-electron chi connectivity index (χ2n) is 6.96. The van der Waals surface area contributed by atoms with Crippen LogP contribution in [-0.4, -0.2) is 52.1 Å². The van der Waals surface area contributed by atoms with Crippen molar-refractivity contribution in [1.82, 2.24) is 20.2 Å². The van der Waals surface area contributed by atoms with Gasteiger partial charge in [-0.25, -0.2) is 14.2 Å². The summed E-state index contributed by atoms with van der Waals surface area (Å²) in [7, 11) is 0. The quantitative estimate of drug-likeness (QED) is 0.846. The second kappa shape index (κ2) is 6.94. The van der Waals surface area contributed by atoms with Crippen molar-refractivity contribution in [2.75, 3.05) is 24.5 Å². The van der Waals surface area contributed by atoms with Crippen LogP contribution in [0.1, 0.15) is 28.8 Å². The lowest BCUT2D eigenvalue weighted by molar-refractivity contribution is 0.0950. The van der Waals surface area contributed by atoms with Crippen LogP contribution < -0.4 is 10.2 Å². The maximum atomic E-state index is 13.9. The first kappa shape index (κ1) is 17.4. The lowest BCUT2D eigenvalue weighted by Crippen LogP contribution is -2.36. The first-order valence-corrected chi connectivity index (χ1v) is 8.93. The molecule has 140 valence electrons. The molecular weight excluding hydrogens is 349 g/mol. The van der Waals surface area contributed by atoms with Gasteiger partial charge in [-0.2, -0.15) is 0 Å². The number of pyridine rings is 2. The van der Waals surface area contributed by atoms with Gasteiger partial charge in [0.2, 0.25) is 0 Å². The molecule has 2 aromatic heterocycles. The van der Waals surface area contributed by atoms with E-state index in [4.69, 9.17) is 0 Å². The van der Waals surface area contributed by atoms with E-state index in [1.54, 1.807) is 40.4 Å². The van der Waals surface area contributed by atoms with Gasteiger partial charge in [-0.3, -0.25) is 14.7 Å². The van der Waals surface area contributed by atoms with Crippen LogP contribution in [0.25, 0.3) is 0 Å². The number of amides is 3. The molecular formula is C19H20FN5O2. The molecule has 8 heteroatoms. The Kier molecular flexibility index (Phi) is 4.47. The third-order valence-corrected chi connectivity index (χ3v) is 4.82. The van der Waals surface area contributed by atoms with Gasteiger partial charge in [0.25, 0.3) is 5.91 Å². The summed E-state index contributed by atoms with van der Waals surface area (Å²) in [6.07, 6.45) is 5.82. The highest BCUT2D eigenvalue weighted by Crippen LogP contribution is 2.41. The van der Waals surface area contributed by atoms with Gasteiger partial charge in [0.15, 0.2) is 0 Å². The molecule has 1 saturated heterocycles. The molecule has 2 aromatic rings. The fourth-order valence-corrected chi connectivity index (χ4v) is 3.04. The molecule has 0 aromatic carbocycles. The highest BCUT2D eigenvalue weighted by molar-refractivity contribution is 5.94. The number of hydrogen-bond acceptors (Lipinski definition) is 4. The predicted molar refractivity (Wildman–Crippen MR) is 97.0 cm³/mol. The third kappa shape index (κ3) is 3.89. The zero-order valence-electron chi connectivity index (χ0n) is 14.8. The summed E-state index contributed by atoms with van der Waals surface area (Å²) in [4.78, 5) is 35.8. The van der Waals surface area contributed by atoms with Crippen LogP contribution in [0.15, 0.2) is 42.9 Å². The van der Waals surface area contributed by atoms with Crippen molar-refractivity contribution in [2.24, 2.45) is 0 Å². The van der Waals surface area contributed by atoms with Crippen molar-refractivity contribution >= 4 is 17.8 Å². The molecule has 2 fully saturated rings. The zero-order chi connectivity index (χ0) is 18.9. The van der Waals surface area contributed by atoms with E-state index >= 15 is 0 Å². The zero-order valence-corrected chi connectivity index (χ0v) is 14.8. The summed E-state index contributed by atoms with van der Waals surface area (Å²) in [6, 6.07) is 6.76. The molecule has 1 N–H and O–H groups in total. The average molecular weight is 369 g/mol. The Hall–Kier alpha value is -3.03. The number of urea groups is 1. The molecule has 0 radical (unpaired) electrons. The number of carbonyl (C=O) groups is 2. The van der Waals surface area contributed by atoms with Crippen LogP contribution in [0.5, 0.6) is 0 Å². The molecule has 7 nitrogen and oxygen atoms in total. The minimum Gasteiger partial charge on any atom is -0.348 e. The molecule has 0 atom stereocenters. The molecule has 1 aliphatic heterocycles. The molecule has 4 rings (SSSR count). The first-order valence-electron chi connectivity index (χ1n) is 8.93. The number of nitrogens with zero attached hydrogens (tertiary/aromatic N) is 4. The Labute approximate surface area is 156 Å². The molecule has 0 unspecified atom stereocenters. The lowest BCUT2D eigenvalue weighted by Gasteiger charge is -2.19. The number of rotatable bonds is 6. The smallest absolute Gasteiger partial charge is 0.325 e. The second-order valence-corrected chi connectivity index (χ2v) is 6.96. The predicted octanol–water partition coefficient (Wildman–Crippen LogP) is 2.15. The van der Waals surface area contributed by atoms with Gasteiger partial charge in [0.1, 0.15) is 11.5 Å². The Balaban J connectivity index is 1.34. The first-order chi connectivity index (χ1) is 13.0. The molecule has 27 heavy (non-hydrogen) atoms. The van der Waals surface area contributed by atoms with Crippen molar-refractivity contribution in [1.29, 1.82) is 0 Å². The van der Waals surface area contributed by atoms with Crippen molar-refractivity contribution in [3.05, 3.63) is 54.0 Å². The summed E-state index contributed by atoms with van der Waals surface area (Å²) < 4.78 is 13.9. The number of halogens is 1. The van der Waals surface area contributed by atoms with Gasteiger partial charge in [-0.05, 0) is 36.6 Å². The van der Waals surface area contributed by atoms with Crippen molar-refractivity contribution in [3.63, 3.8) is 0 Å². The summed E-state index contributed by atoms with van der Waals surface area (Å²) in [5.74, 6) is 0.325. The van der Waals surface area contributed by atoms with E-state index in [2.05, 4.69) is 15.3 Å². The van der Waals surface area contributed by atoms with Crippen molar-refractivity contribution in [2.45, 2.75) is 25.1 Å². The SMILES string of the molecule is O=C(NCc1ccc(N2CCN(CC3(F)CC3)C2=O)nc1)c1cccnc1. The van der Waals surface area contributed by atoms with Crippen LogP contribution in [0, 0.1) is 0 Å². The van der Waals surface area contributed by atoms with Crippen LogP contribution in [0.3, 0.4) is 0 Å². The molecule has 2 aliphatic rings. The molecule has 3 heterocycles. The van der Waals surface area contributed by atoms with Crippen LogP contribution in [0.4, 0.5) is 15.0 Å². The highest BCUT2D eigenvalue weighted by atomic mass is 19.1. The Bertz CT molecular complexity index is 839. The summed E-state index contributed by atoms with van der Waals surface area (Å²) in [6.45, 7) is 1.50. The monoisotopic (exact) mass is 369 g/mol. The number of hydrogen-bond donors (Lipinski definition) is 1. The average Bonchev–Trinajstić information content (AvgIpc) is 3.33. The van der Waals surface area contributed by atoms with E-state index in [1.807, 2.05) is 6.07 Å². The Morgan fingerprint density at radius 2 is 2.07 bits per heavy atom.